The van der Waals surface area contributed by atoms with Crippen molar-refractivity contribution < 1.29 is 0 Å². The van der Waals surface area contributed by atoms with Crippen molar-refractivity contribution in [2.24, 2.45) is 5.92 Å². The zero-order valence-corrected chi connectivity index (χ0v) is 7.70. The van der Waals surface area contributed by atoms with Gasteiger partial charge >= 0.3 is 0 Å². The van der Waals surface area contributed by atoms with Gasteiger partial charge in [0.15, 0.2) is 0 Å². The maximum atomic E-state index is 2.26. The van der Waals surface area contributed by atoms with Crippen LogP contribution in [-0.2, 0) is 0 Å². The highest BCUT2D eigenvalue weighted by Gasteiger charge is 1.95. The van der Waals surface area contributed by atoms with Gasteiger partial charge in [0.05, 0.1) is 0 Å². The second-order valence-corrected chi connectivity index (χ2v) is 2.09. The molecule has 0 fully saturated rings. The molecule has 0 saturated carbocycles. The Balaban J connectivity index is -0.000000149. The van der Waals surface area contributed by atoms with E-state index in [1.165, 1.54) is 19.3 Å². The molecule has 10 heavy (non-hydrogen) atoms. The molecule has 0 aromatic carbocycles. The molecule has 0 amide bonds. The van der Waals surface area contributed by atoms with E-state index in [1.54, 1.807) is 0 Å². The van der Waals surface area contributed by atoms with Gasteiger partial charge in [-0.15, -0.1) is 0 Å². The number of hydrogen-bond acceptors (Lipinski definition) is 0. The van der Waals surface area contributed by atoms with E-state index in [2.05, 4.69) is 20.8 Å². The summed E-state index contributed by atoms with van der Waals surface area (Å²) in [6.07, 6.45) is 4.06. The van der Waals surface area contributed by atoms with E-state index >= 15 is 0 Å². The molecule has 0 aliphatic carbocycles. The molecular weight excluding hydrogens is 120 g/mol. The molecule has 0 saturated heterocycles. The van der Waals surface area contributed by atoms with Crippen LogP contribution < -0.4 is 0 Å². The summed E-state index contributed by atoms with van der Waals surface area (Å²) in [4.78, 5) is 0. The summed E-state index contributed by atoms with van der Waals surface area (Å²) >= 11 is 0. The van der Waals surface area contributed by atoms with Crippen LogP contribution >= 0.6 is 0 Å². The first-order valence-electron chi connectivity index (χ1n) is 4.35. The summed E-state index contributed by atoms with van der Waals surface area (Å²) in [5.74, 6) is 0.986. The van der Waals surface area contributed by atoms with Gasteiger partial charge in [0.2, 0.25) is 0 Å². The van der Waals surface area contributed by atoms with Crippen LogP contribution in [-0.4, -0.2) is 0 Å². The van der Waals surface area contributed by atoms with E-state index in [-0.39, 0.29) is 7.43 Å². The molecule has 0 spiro atoms. The molecule has 0 aliphatic heterocycles. The third-order valence-electron chi connectivity index (χ3n) is 1.73. The molecule has 0 N–H and O–H groups in total. The van der Waals surface area contributed by atoms with Crippen LogP contribution in [0, 0.1) is 5.92 Å². The molecule has 0 atom stereocenters. The summed E-state index contributed by atoms with van der Waals surface area (Å²) in [5, 5.41) is 0. The molecule has 0 rings (SSSR count). The van der Waals surface area contributed by atoms with E-state index in [1.807, 2.05) is 13.8 Å². The van der Waals surface area contributed by atoms with Crippen molar-refractivity contribution in [2.45, 2.75) is 61.3 Å². The molecule has 0 aliphatic rings. The molecule has 0 heteroatoms. The van der Waals surface area contributed by atoms with Crippen LogP contribution in [0.3, 0.4) is 0 Å². The van der Waals surface area contributed by atoms with Gasteiger partial charge in [0.1, 0.15) is 0 Å². The smallest absolute Gasteiger partial charge is 0.0422 e. The van der Waals surface area contributed by atoms with Crippen LogP contribution in [0.1, 0.15) is 61.3 Å². The van der Waals surface area contributed by atoms with Gasteiger partial charge in [0.25, 0.3) is 0 Å². The van der Waals surface area contributed by atoms with E-state index in [0.29, 0.717) is 0 Å². The average molecular weight is 146 g/mol. The van der Waals surface area contributed by atoms with E-state index in [9.17, 15) is 0 Å². The minimum absolute atomic E-state index is 0. The Labute approximate surface area is 68.0 Å². The molecule has 0 aromatic rings. The molecule has 0 nitrogen and oxygen atoms in total. The van der Waals surface area contributed by atoms with Crippen molar-refractivity contribution in [2.75, 3.05) is 0 Å². The topological polar surface area (TPSA) is 0 Å². The first kappa shape index (κ1) is 16.5. The van der Waals surface area contributed by atoms with Gasteiger partial charge in [-0.25, -0.2) is 0 Å². The Kier molecular flexibility index (Phi) is 26.4. The van der Waals surface area contributed by atoms with Gasteiger partial charge in [-0.1, -0.05) is 61.3 Å². The minimum atomic E-state index is 0. The zero-order chi connectivity index (χ0) is 7.70. The summed E-state index contributed by atoms with van der Waals surface area (Å²) in [5.41, 5.74) is 0. The van der Waals surface area contributed by atoms with Crippen LogP contribution in [0.2, 0.25) is 0 Å². The summed E-state index contributed by atoms with van der Waals surface area (Å²) in [6.45, 7) is 10.8. The molecule has 0 heterocycles. The lowest BCUT2D eigenvalue weighted by molar-refractivity contribution is 0.477. The summed E-state index contributed by atoms with van der Waals surface area (Å²) in [6, 6.07) is 0. The maximum absolute atomic E-state index is 2.26. The van der Waals surface area contributed by atoms with Crippen molar-refractivity contribution >= 4 is 0 Å². The standard InChI is InChI=1S/C7H16.C2H6.CH4/c1-4-7(5-2)6-3;1-2;/h7H,4-6H2,1-3H3;1-2H3;1H4. The Bertz CT molecular complexity index is 21.5. The fraction of sp³-hybridized carbons (Fsp3) is 1.00. The van der Waals surface area contributed by atoms with Gasteiger partial charge in [0, 0.05) is 0 Å². The molecular formula is C10H26. The lowest BCUT2D eigenvalue weighted by Gasteiger charge is -2.05. The second-order valence-electron chi connectivity index (χ2n) is 2.09. The van der Waals surface area contributed by atoms with E-state index in [4.69, 9.17) is 0 Å². The predicted octanol–water partition coefficient (Wildman–Crippen LogP) is 4.49. The summed E-state index contributed by atoms with van der Waals surface area (Å²) in [7, 11) is 0. The van der Waals surface area contributed by atoms with Crippen molar-refractivity contribution in [3.05, 3.63) is 0 Å². The van der Waals surface area contributed by atoms with Gasteiger partial charge < -0.3 is 0 Å². The maximum Gasteiger partial charge on any atom is -0.0422 e. The Morgan fingerprint density at radius 2 is 1.00 bits per heavy atom. The zero-order valence-electron chi connectivity index (χ0n) is 7.70. The van der Waals surface area contributed by atoms with Crippen LogP contribution in [0.4, 0.5) is 0 Å². The Morgan fingerprint density at radius 3 is 1.00 bits per heavy atom. The van der Waals surface area contributed by atoms with E-state index < -0.39 is 0 Å². The summed E-state index contributed by atoms with van der Waals surface area (Å²) < 4.78 is 0. The normalized spacial score (nSPS) is 7.80. The minimum Gasteiger partial charge on any atom is -0.0776 e. The predicted molar refractivity (Wildman–Crippen MR) is 52.4 cm³/mol. The third kappa shape index (κ3) is 10.9. The molecule has 0 radical (unpaired) electrons. The Hall–Kier alpha value is 0. The first-order valence-corrected chi connectivity index (χ1v) is 4.35. The quantitative estimate of drug-likeness (QED) is 0.550. The fourth-order valence-electron chi connectivity index (χ4n) is 0.866. The molecule has 0 unspecified atom stereocenters. The van der Waals surface area contributed by atoms with Gasteiger partial charge in [-0.3, -0.25) is 0 Å². The highest BCUT2D eigenvalue weighted by Crippen LogP contribution is 2.09. The molecule has 0 aromatic heterocycles. The fourth-order valence-corrected chi connectivity index (χ4v) is 0.866. The lowest BCUT2D eigenvalue weighted by atomic mass is 10.0. The number of hydrogen-bond donors (Lipinski definition) is 0. The highest BCUT2D eigenvalue weighted by atomic mass is 14.0. The second kappa shape index (κ2) is 16.0. The van der Waals surface area contributed by atoms with Crippen LogP contribution in [0.5, 0.6) is 0 Å². The van der Waals surface area contributed by atoms with Crippen molar-refractivity contribution in [1.29, 1.82) is 0 Å². The number of rotatable bonds is 3. The monoisotopic (exact) mass is 146 g/mol. The first-order chi connectivity index (χ1) is 4.35. The van der Waals surface area contributed by atoms with Gasteiger partial charge in [-0.05, 0) is 5.92 Å². The Morgan fingerprint density at radius 1 is 0.800 bits per heavy atom. The van der Waals surface area contributed by atoms with Gasteiger partial charge in [-0.2, -0.15) is 0 Å². The van der Waals surface area contributed by atoms with Crippen LogP contribution in [0.25, 0.3) is 0 Å². The van der Waals surface area contributed by atoms with Crippen molar-refractivity contribution in [3.63, 3.8) is 0 Å². The van der Waals surface area contributed by atoms with Crippen LogP contribution in [0.15, 0.2) is 0 Å². The average Bonchev–Trinajstić information content (AvgIpc) is 1.96. The van der Waals surface area contributed by atoms with Crippen molar-refractivity contribution in [1.82, 2.24) is 0 Å². The van der Waals surface area contributed by atoms with E-state index in [0.717, 1.165) is 5.92 Å². The third-order valence-corrected chi connectivity index (χ3v) is 1.73. The largest absolute Gasteiger partial charge is 0.0776 e. The molecule has 66 valence electrons. The molecule has 0 bridgehead atoms. The highest BCUT2D eigenvalue weighted by molar-refractivity contribution is 4.48. The van der Waals surface area contributed by atoms with Crippen molar-refractivity contribution in [3.8, 4) is 0 Å². The SMILES string of the molecule is C.CC.CCC(CC)CC. The lowest BCUT2D eigenvalue weighted by Crippen LogP contribution is -1.91.